The third kappa shape index (κ3) is 6.74. The van der Waals surface area contributed by atoms with E-state index in [1.807, 2.05) is 6.92 Å². The summed E-state index contributed by atoms with van der Waals surface area (Å²) in [6.45, 7) is 5.14. The smallest absolute Gasteiger partial charge is 0.460 e. The Morgan fingerprint density at radius 1 is 1.29 bits per heavy atom. The van der Waals surface area contributed by atoms with Crippen LogP contribution in [0.2, 0.25) is 6.04 Å². The molecule has 0 aliphatic carbocycles. The van der Waals surface area contributed by atoms with Crippen LogP contribution < -0.4 is 0 Å². The van der Waals surface area contributed by atoms with E-state index >= 15 is 0 Å². The van der Waals surface area contributed by atoms with E-state index < -0.39 is 14.8 Å². The third-order valence-electron chi connectivity index (χ3n) is 2.27. The predicted molar refractivity (Wildman–Crippen MR) is 73.3 cm³/mol. The van der Waals surface area contributed by atoms with Gasteiger partial charge in [-0.2, -0.15) is 0 Å². The van der Waals surface area contributed by atoms with Gasteiger partial charge in [0.2, 0.25) is 0 Å². The molecule has 102 valence electrons. The van der Waals surface area contributed by atoms with Crippen molar-refractivity contribution in [3.63, 3.8) is 0 Å². The number of carbonyl (C=O) groups is 1. The van der Waals surface area contributed by atoms with E-state index in [0.29, 0.717) is 12.5 Å². The van der Waals surface area contributed by atoms with Crippen molar-refractivity contribution < 1.29 is 22.8 Å². The molecule has 0 rings (SSSR count). The van der Waals surface area contributed by atoms with Crippen LogP contribution in [-0.4, -0.2) is 53.2 Å². The van der Waals surface area contributed by atoms with E-state index in [9.17, 15) is 4.79 Å². The Balaban J connectivity index is 0. The maximum atomic E-state index is 10.9. The zero-order valence-electron chi connectivity index (χ0n) is 10.3. The van der Waals surface area contributed by atoms with Gasteiger partial charge in [-0.15, -0.1) is 0 Å². The first-order chi connectivity index (χ1) is 7.53. The monoisotopic (exact) mass is 280 g/mol. The summed E-state index contributed by atoms with van der Waals surface area (Å²) in [4.78, 5) is 10.9. The largest absolute Gasteiger partial charge is 0.500 e. The molecule has 0 saturated heterocycles. The number of rotatable bonds is 8. The SMILES string of the molecule is C=CC(=O)OC(C)CC[Si](OC)(OC)OC.[SiH4]. The lowest BCUT2D eigenvalue weighted by Crippen LogP contribution is -2.43. The first kappa shape index (κ1) is 18.9. The molecule has 0 bridgehead atoms. The van der Waals surface area contributed by atoms with Crippen LogP contribution in [0.5, 0.6) is 0 Å². The molecule has 17 heavy (non-hydrogen) atoms. The van der Waals surface area contributed by atoms with Crippen LogP contribution in [0.1, 0.15) is 13.3 Å². The first-order valence-electron chi connectivity index (χ1n) is 5.02. The highest BCUT2D eigenvalue weighted by molar-refractivity contribution is 6.60. The average molecular weight is 280 g/mol. The van der Waals surface area contributed by atoms with Crippen molar-refractivity contribution in [2.45, 2.75) is 25.5 Å². The Hall–Kier alpha value is -0.476. The van der Waals surface area contributed by atoms with E-state index in [1.165, 1.54) is 0 Å². The average Bonchev–Trinajstić information content (AvgIpc) is 2.31. The fourth-order valence-corrected chi connectivity index (χ4v) is 3.11. The molecule has 1 atom stereocenters. The lowest BCUT2D eigenvalue weighted by atomic mass is 10.3. The van der Waals surface area contributed by atoms with E-state index in [-0.39, 0.29) is 17.1 Å². The number of hydrogen-bond acceptors (Lipinski definition) is 5. The Morgan fingerprint density at radius 3 is 2.12 bits per heavy atom. The van der Waals surface area contributed by atoms with Gasteiger partial charge in [-0.25, -0.2) is 4.79 Å². The molecule has 7 heteroatoms. The lowest BCUT2D eigenvalue weighted by molar-refractivity contribution is -0.142. The summed E-state index contributed by atoms with van der Waals surface area (Å²) in [7, 11) is 2.11. The van der Waals surface area contributed by atoms with Crippen molar-refractivity contribution in [1.29, 1.82) is 0 Å². The highest BCUT2D eigenvalue weighted by Gasteiger charge is 2.37. The predicted octanol–water partition coefficient (Wildman–Crippen LogP) is -0.0793. The Morgan fingerprint density at radius 2 is 1.76 bits per heavy atom. The minimum atomic E-state index is -2.56. The van der Waals surface area contributed by atoms with Gasteiger partial charge in [0.15, 0.2) is 0 Å². The molecule has 0 aliphatic rings. The second-order valence-electron chi connectivity index (χ2n) is 3.29. The summed E-state index contributed by atoms with van der Waals surface area (Å²) >= 11 is 0. The van der Waals surface area contributed by atoms with Crippen molar-refractivity contribution in [3.05, 3.63) is 12.7 Å². The Kier molecular flexibility index (Phi) is 10.6. The summed E-state index contributed by atoms with van der Waals surface area (Å²) in [6.07, 6.45) is 1.56. The maximum absolute atomic E-state index is 10.9. The van der Waals surface area contributed by atoms with Gasteiger partial charge >= 0.3 is 14.8 Å². The van der Waals surface area contributed by atoms with Gasteiger partial charge in [0.1, 0.15) is 0 Å². The van der Waals surface area contributed by atoms with Crippen LogP contribution in [0.25, 0.3) is 0 Å². The standard InChI is InChI=1S/C10H20O5Si.H4Si/c1-6-10(11)15-9(2)7-8-16(12-3,13-4)14-5;/h6,9H,1,7-8H2,2-5H3;1H4. The molecule has 0 spiro atoms. The maximum Gasteiger partial charge on any atom is 0.500 e. The highest BCUT2D eigenvalue weighted by atomic mass is 28.4. The number of hydrogen-bond donors (Lipinski definition) is 0. The second-order valence-corrected chi connectivity index (χ2v) is 6.38. The fourth-order valence-electron chi connectivity index (χ4n) is 1.24. The third-order valence-corrected chi connectivity index (χ3v) is 5.04. The van der Waals surface area contributed by atoms with Gasteiger partial charge in [0.25, 0.3) is 0 Å². The fraction of sp³-hybridized carbons (Fsp3) is 0.700. The summed E-state index contributed by atoms with van der Waals surface area (Å²) in [6, 6.07) is 0.599. The van der Waals surface area contributed by atoms with Gasteiger partial charge in [-0.3, -0.25) is 0 Å². The van der Waals surface area contributed by atoms with Crippen LogP contribution >= 0.6 is 0 Å². The molecule has 5 nitrogen and oxygen atoms in total. The summed E-state index contributed by atoms with van der Waals surface area (Å²) in [5.74, 6) is -0.424. The molecule has 0 N–H and O–H groups in total. The number of esters is 1. The molecule has 0 aromatic carbocycles. The van der Waals surface area contributed by atoms with Gasteiger partial charge in [-0.1, -0.05) is 6.58 Å². The summed E-state index contributed by atoms with van der Waals surface area (Å²) in [5, 5.41) is 0. The Bertz CT molecular complexity index is 222. The quantitative estimate of drug-likeness (QED) is 0.354. The van der Waals surface area contributed by atoms with Crippen LogP contribution in [0, 0.1) is 0 Å². The van der Waals surface area contributed by atoms with Crippen molar-refractivity contribution in [2.24, 2.45) is 0 Å². The molecule has 0 heterocycles. The first-order valence-corrected chi connectivity index (χ1v) is 6.95. The molecule has 0 aliphatic heterocycles. The second kappa shape index (κ2) is 9.54. The van der Waals surface area contributed by atoms with Gasteiger partial charge in [0.05, 0.1) is 6.10 Å². The molecule has 0 saturated carbocycles. The zero-order valence-corrected chi connectivity index (χ0v) is 11.3. The van der Waals surface area contributed by atoms with E-state index in [0.717, 1.165) is 6.08 Å². The van der Waals surface area contributed by atoms with E-state index in [4.69, 9.17) is 18.0 Å². The zero-order chi connectivity index (χ0) is 12.6. The molecular formula is C10H24O5Si2. The van der Waals surface area contributed by atoms with Crippen molar-refractivity contribution in [3.8, 4) is 0 Å². The van der Waals surface area contributed by atoms with Crippen molar-refractivity contribution in [1.82, 2.24) is 0 Å². The van der Waals surface area contributed by atoms with Crippen LogP contribution in [-0.2, 0) is 22.8 Å². The van der Waals surface area contributed by atoms with Crippen LogP contribution in [0.3, 0.4) is 0 Å². The number of ether oxygens (including phenoxy) is 1. The van der Waals surface area contributed by atoms with E-state index in [2.05, 4.69) is 6.58 Å². The molecule has 0 radical (unpaired) electrons. The highest BCUT2D eigenvalue weighted by Crippen LogP contribution is 2.17. The van der Waals surface area contributed by atoms with Gasteiger partial charge in [0, 0.05) is 33.4 Å². The van der Waals surface area contributed by atoms with E-state index in [1.54, 1.807) is 21.3 Å². The minimum absolute atomic E-state index is 0. The Labute approximate surface area is 108 Å². The molecule has 0 aromatic heterocycles. The molecular weight excluding hydrogens is 256 g/mol. The lowest BCUT2D eigenvalue weighted by Gasteiger charge is -2.25. The number of carbonyl (C=O) groups excluding carboxylic acids is 1. The normalized spacial score (nSPS) is 12.5. The molecule has 1 unspecified atom stereocenters. The van der Waals surface area contributed by atoms with Crippen molar-refractivity contribution in [2.75, 3.05) is 21.3 Å². The van der Waals surface area contributed by atoms with Crippen LogP contribution in [0.4, 0.5) is 0 Å². The minimum Gasteiger partial charge on any atom is -0.460 e. The molecule has 0 amide bonds. The summed E-state index contributed by atoms with van der Waals surface area (Å²) < 4.78 is 20.8. The molecule has 0 aromatic rings. The molecule has 0 fully saturated rings. The van der Waals surface area contributed by atoms with Crippen LogP contribution in [0.15, 0.2) is 12.7 Å². The van der Waals surface area contributed by atoms with Crippen molar-refractivity contribution >= 4 is 25.7 Å². The van der Waals surface area contributed by atoms with Gasteiger partial charge < -0.3 is 18.0 Å². The van der Waals surface area contributed by atoms with Gasteiger partial charge in [-0.05, 0) is 24.3 Å². The topological polar surface area (TPSA) is 54.0 Å². The summed E-state index contributed by atoms with van der Waals surface area (Å²) in [5.41, 5.74) is 0.